The van der Waals surface area contributed by atoms with E-state index in [-0.39, 0.29) is 11.4 Å². The number of aryl methyl sites for hydroxylation is 4. The van der Waals surface area contributed by atoms with E-state index >= 15 is 0 Å². The third-order valence-electron chi connectivity index (χ3n) is 5.04. The maximum Gasteiger partial charge on any atom is 0.316 e. The minimum absolute atomic E-state index is 0.0876. The molecule has 0 saturated heterocycles. The van der Waals surface area contributed by atoms with Crippen molar-refractivity contribution in [3.63, 3.8) is 0 Å². The van der Waals surface area contributed by atoms with E-state index in [0.29, 0.717) is 16.7 Å². The van der Waals surface area contributed by atoms with Crippen LogP contribution in [0, 0.1) is 13.8 Å². The highest BCUT2D eigenvalue weighted by Crippen LogP contribution is 2.20. The van der Waals surface area contributed by atoms with Crippen molar-refractivity contribution in [1.82, 2.24) is 13.4 Å². The van der Waals surface area contributed by atoms with Gasteiger partial charge < -0.3 is 14.5 Å². The molecule has 0 aliphatic carbocycles. The van der Waals surface area contributed by atoms with E-state index in [1.165, 1.54) is 43.9 Å². The topological polar surface area (TPSA) is 110 Å². The van der Waals surface area contributed by atoms with Gasteiger partial charge in [-0.25, -0.2) is 8.42 Å². The van der Waals surface area contributed by atoms with Gasteiger partial charge in [0.25, 0.3) is 0 Å². The van der Waals surface area contributed by atoms with Crippen LogP contribution in [-0.2, 0) is 28.9 Å². The number of carbonyl (C=O) groups excluding carboxylic acids is 1. The van der Waals surface area contributed by atoms with Crippen molar-refractivity contribution >= 4 is 32.7 Å². The van der Waals surface area contributed by atoms with Gasteiger partial charge in [0, 0.05) is 26.8 Å². The fraction of sp³-hybridized carbons (Fsp3) is 0.286. The molecular weight excluding hydrogens is 420 g/mol. The second kappa shape index (κ2) is 8.12. The van der Waals surface area contributed by atoms with Crippen LogP contribution in [-0.4, -0.2) is 41.4 Å². The average molecular weight is 445 g/mol. The zero-order chi connectivity index (χ0) is 23.1. The van der Waals surface area contributed by atoms with Crippen molar-refractivity contribution in [2.75, 3.05) is 18.9 Å². The summed E-state index contributed by atoms with van der Waals surface area (Å²) in [7, 11) is 0.143. The molecular formula is C21H24N4O5S. The van der Waals surface area contributed by atoms with Gasteiger partial charge in [0.2, 0.25) is 15.9 Å². The Bertz CT molecular complexity index is 1400. The molecule has 31 heavy (non-hydrogen) atoms. The largest absolute Gasteiger partial charge is 0.325 e. The lowest BCUT2D eigenvalue weighted by Gasteiger charge is -2.18. The van der Waals surface area contributed by atoms with Gasteiger partial charge in [-0.1, -0.05) is 6.07 Å². The van der Waals surface area contributed by atoms with Crippen LogP contribution in [0.15, 0.2) is 50.9 Å². The van der Waals surface area contributed by atoms with Crippen LogP contribution in [0.5, 0.6) is 0 Å². The smallest absolute Gasteiger partial charge is 0.316 e. The summed E-state index contributed by atoms with van der Waals surface area (Å²) < 4.78 is 29.2. The zero-order valence-corrected chi connectivity index (χ0v) is 18.8. The maximum atomic E-state index is 13.0. The molecule has 0 spiro atoms. The van der Waals surface area contributed by atoms with Crippen LogP contribution >= 0.6 is 0 Å². The summed E-state index contributed by atoms with van der Waals surface area (Å²) in [5.74, 6) is -0.480. The standard InChI is InChI=1S/C21H24N4O5S/c1-13-8-14(2)10-15(9-13)22-19(26)12-23(3)31(29,30)16-6-7-17-18(11-16)25(5)21(28)20(27)24(17)4/h6-11H,12H2,1-5H3,(H,22,26). The van der Waals surface area contributed by atoms with Crippen LogP contribution in [0.2, 0.25) is 0 Å². The van der Waals surface area contributed by atoms with Gasteiger partial charge in [0.1, 0.15) is 0 Å². The Labute approximate surface area is 179 Å². The molecule has 2 aromatic carbocycles. The summed E-state index contributed by atoms with van der Waals surface area (Å²) in [4.78, 5) is 36.4. The number of hydrogen-bond donors (Lipinski definition) is 1. The lowest BCUT2D eigenvalue weighted by Crippen LogP contribution is -2.39. The van der Waals surface area contributed by atoms with Crippen LogP contribution in [0.1, 0.15) is 11.1 Å². The highest BCUT2D eigenvalue weighted by atomic mass is 32.2. The van der Waals surface area contributed by atoms with Gasteiger partial charge in [-0.3, -0.25) is 14.4 Å². The first-order valence-electron chi connectivity index (χ1n) is 9.46. The molecule has 0 fully saturated rings. The Kier molecular flexibility index (Phi) is 5.88. The Morgan fingerprint density at radius 3 is 2.06 bits per heavy atom. The molecule has 3 aromatic rings. The summed E-state index contributed by atoms with van der Waals surface area (Å²) in [5, 5.41) is 2.71. The number of amides is 1. The first kappa shape index (κ1) is 22.4. The molecule has 0 atom stereocenters. The molecule has 1 N–H and O–H groups in total. The number of likely N-dealkylation sites (N-methyl/N-ethyl adjacent to an activating group) is 1. The van der Waals surface area contributed by atoms with E-state index in [1.807, 2.05) is 19.9 Å². The van der Waals surface area contributed by atoms with Gasteiger partial charge in [-0.2, -0.15) is 4.31 Å². The quantitative estimate of drug-likeness (QED) is 0.593. The number of nitrogens with zero attached hydrogens (tertiary/aromatic N) is 3. The van der Waals surface area contributed by atoms with Crippen molar-refractivity contribution in [3.05, 3.63) is 68.2 Å². The maximum absolute atomic E-state index is 13.0. The predicted molar refractivity (Wildman–Crippen MR) is 119 cm³/mol. The molecule has 0 radical (unpaired) electrons. The third-order valence-corrected chi connectivity index (χ3v) is 6.84. The second-order valence-corrected chi connectivity index (χ2v) is 9.61. The normalized spacial score (nSPS) is 11.8. The molecule has 0 bridgehead atoms. The Balaban J connectivity index is 1.90. The average Bonchev–Trinajstić information content (AvgIpc) is 2.69. The van der Waals surface area contributed by atoms with E-state index in [1.54, 1.807) is 12.1 Å². The van der Waals surface area contributed by atoms with Gasteiger partial charge >= 0.3 is 11.1 Å². The monoisotopic (exact) mass is 444 g/mol. The van der Waals surface area contributed by atoms with Crippen molar-refractivity contribution in [1.29, 1.82) is 0 Å². The number of benzene rings is 2. The fourth-order valence-corrected chi connectivity index (χ4v) is 4.58. The van der Waals surface area contributed by atoms with Crippen LogP contribution in [0.3, 0.4) is 0 Å². The second-order valence-electron chi connectivity index (χ2n) is 7.56. The molecule has 1 heterocycles. The zero-order valence-electron chi connectivity index (χ0n) is 18.0. The van der Waals surface area contributed by atoms with Crippen molar-refractivity contribution < 1.29 is 13.2 Å². The molecule has 164 valence electrons. The number of hydrogen-bond acceptors (Lipinski definition) is 5. The molecule has 1 aromatic heterocycles. The number of aromatic nitrogens is 2. The first-order valence-corrected chi connectivity index (χ1v) is 10.9. The summed E-state index contributed by atoms with van der Waals surface area (Å²) >= 11 is 0. The van der Waals surface area contributed by atoms with E-state index in [9.17, 15) is 22.8 Å². The van der Waals surface area contributed by atoms with Gasteiger partial charge in [-0.15, -0.1) is 0 Å². The molecule has 1 amide bonds. The predicted octanol–water partition coefficient (Wildman–Crippen LogP) is 1.11. The van der Waals surface area contributed by atoms with Gasteiger partial charge in [-0.05, 0) is 55.3 Å². The van der Waals surface area contributed by atoms with Crippen molar-refractivity contribution in [2.45, 2.75) is 18.7 Å². The van der Waals surface area contributed by atoms with E-state index in [0.717, 1.165) is 20.0 Å². The van der Waals surface area contributed by atoms with E-state index in [2.05, 4.69) is 5.32 Å². The number of rotatable bonds is 5. The van der Waals surface area contributed by atoms with Crippen LogP contribution < -0.4 is 16.4 Å². The lowest BCUT2D eigenvalue weighted by atomic mass is 10.1. The number of sulfonamides is 1. The van der Waals surface area contributed by atoms with Gasteiger partial charge in [0.05, 0.1) is 22.5 Å². The fourth-order valence-electron chi connectivity index (χ4n) is 3.44. The third kappa shape index (κ3) is 4.30. The molecule has 0 saturated carbocycles. The highest BCUT2D eigenvalue weighted by molar-refractivity contribution is 7.89. The summed E-state index contributed by atoms with van der Waals surface area (Å²) in [6.45, 7) is 3.42. The summed E-state index contributed by atoms with van der Waals surface area (Å²) in [6.07, 6.45) is 0. The highest BCUT2D eigenvalue weighted by Gasteiger charge is 2.24. The molecule has 0 unspecified atom stereocenters. The Morgan fingerprint density at radius 2 is 1.48 bits per heavy atom. The van der Waals surface area contributed by atoms with Crippen molar-refractivity contribution in [2.24, 2.45) is 14.1 Å². The Hall–Kier alpha value is -3.24. The SMILES string of the molecule is Cc1cc(C)cc(NC(=O)CN(C)S(=O)(=O)c2ccc3c(c2)n(C)c(=O)c(=O)n3C)c1. The molecule has 10 heteroatoms. The van der Waals surface area contributed by atoms with Crippen LogP contribution in [0.25, 0.3) is 11.0 Å². The van der Waals surface area contributed by atoms with E-state index in [4.69, 9.17) is 0 Å². The van der Waals surface area contributed by atoms with E-state index < -0.39 is 27.0 Å². The Morgan fingerprint density at radius 1 is 0.935 bits per heavy atom. The number of nitrogens with one attached hydrogen (secondary N) is 1. The number of carbonyl (C=O) groups is 1. The summed E-state index contributed by atoms with van der Waals surface area (Å²) in [6, 6.07) is 9.70. The molecule has 3 rings (SSSR count). The summed E-state index contributed by atoms with van der Waals surface area (Å²) in [5.41, 5.74) is 1.80. The lowest BCUT2D eigenvalue weighted by molar-refractivity contribution is -0.116. The van der Waals surface area contributed by atoms with Crippen LogP contribution in [0.4, 0.5) is 5.69 Å². The molecule has 9 nitrogen and oxygen atoms in total. The minimum Gasteiger partial charge on any atom is -0.325 e. The minimum atomic E-state index is -4.02. The van der Waals surface area contributed by atoms with Gasteiger partial charge in [0.15, 0.2) is 0 Å². The van der Waals surface area contributed by atoms with Crippen molar-refractivity contribution in [3.8, 4) is 0 Å². The first-order chi connectivity index (χ1) is 14.4. The number of anilines is 1. The number of fused-ring (bicyclic) bond motifs is 1. The molecule has 0 aliphatic heterocycles. The molecule has 0 aliphatic rings.